The van der Waals surface area contributed by atoms with Crippen LogP contribution in [-0.4, -0.2) is 39.9 Å². The van der Waals surface area contributed by atoms with E-state index in [4.69, 9.17) is 5.10 Å². The molecule has 0 unspecified atom stereocenters. The summed E-state index contributed by atoms with van der Waals surface area (Å²) in [4.78, 5) is 2.55. The van der Waals surface area contributed by atoms with Crippen LogP contribution in [0.25, 0.3) is 0 Å². The molecule has 4 nitrogen and oxygen atoms in total. The third kappa shape index (κ3) is 3.87. The second-order valence-corrected chi connectivity index (χ2v) is 7.81. The van der Waals surface area contributed by atoms with Crippen molar-refractivity contribution in [3.8, 4) is 0 Å². The first-order valence-corrected chi connectivity index (χ1v) is 8.90. The molecule has 0 atom stereocenters. The maximum atomic E-state index is 4.80. The zero-order chi connectivity index (χ0) is 17.3. The van der Waals surface area contributed by atoms with Gasteiger partial charge in [0.2, 0.25) is 0 Å². The molecule has 1 aliphatic heterocycles. The molecule has 1 saturated heterocycles. The van der Waals surface area contributed by atoms with Gasteiger partial charge in [-0.1, -0.05) is 29.8 Å². The van der Waals surface area contributed by atoms with E-state index in [-0.39, 0.29) is 5.54 Å². The predicted octanol–water partition coefficient (Wildman–Crippen LogP) is 3.04. The summed E-state index contributed by atoms with van der Waals surface area (Å²) in [6, 6.07) is 8.74. The first-order chi connectivity index (χ1) is 11.3. The van der Waals surface area contributed by atoms with Crippen molar-refractivity contribution in [1.29, 1.82) is 0 Å². The fourth-order valence-corrected chi connectivity index (χ4v) is 3.59. The van der Waals surface area contributed by atoms with Gasteiger partial charge in [0, 0.05) is 43.0 Å². The van der Waals surface area contributed by atoms with E-state index in [1.54, 1.807) is 0 Å². The van der Waals surface area contributed by atoms with E-state index in [1.165, 1.54) is 22.4 Å². The smallest absolute Gasteiger partial charge is 0.0662 e. The van der Waals surface area contributed by atoms with E-state index in [1.807, 2.05) is 0 Å². The zero-order valence-electron chi connectivity index (χ0n) is 15.7. The molecule has 1 aromatic heterocycles. The van der Waals surface area contributed by atoms with Crippen LogP contribution in [0.4, 0.5) is 0 Å². The van der Waals surface area contributed by atoms with E-state index in [0.29, 0.717) is 0 Å². The molecule has 0 bridgehead atoms. The summed E-state index contributed by atoms with van der Waals surface area (Å²) in [5.41, 5.74) is 6.65. The maximum absolute atomic E-state index is 4.80. The van der Waals surface area contributed by atoms with Crippen molar-refractivity contribution in [3.63, 3.8) is 0 Å². The molecule has 1 aliphatic rings. The summed E-state index contributed by atoms with van der Waals surface area (Å²) in [6.45, 7) is 16.1. The highest BCUT2D eigenvalue weighted by Gasteiger charge is 2.26. The average Bonchev–Trinajstić information content (AvgIpc) is 2.76. The zero-order valence-corrected chi connectivity index (χ0v) is 15.7. The molecule has 0 radical (unpaired) electrons. The lowest BCUT2D eigenvalue weighted by Crippen LogP contribution is -2.56. The molecular weight excluding hydrogens is 296 g/mol. The van der Waals surface area contributed by atoms with Crippen LogP contribution in [0.3, 0.4) is 0 Å². The van der Waals surface area contributed by atoms with Crippen molar-refractivity contribution in [2.45, 2.75) is 53.2 Å². The lowest BCUT2D eigenvalue weighted by molar-refractivity contribution is 0.148. The van der Waals surface area contributed by atoms with E-state index >= 15 is 0 Å². The Morgan fingerprint density at radius 2 is 1.79 bits per heavy atom. The van der Waals surface area contributed by atoms with Gasteiger partial charge >= 0.3 is 0 Å². The predicted molar refractivity (Wildman–Crippen MR) is 99.3 cm³/mol. The topological polar surface area (TPSA) is 33.1 Å². The molecule has 130 valence electrons. The van der Waals surface area contributed by atoms with Crippen LogP contribution < -0.4 is 5.32 Å². The third-order valence-electron chi connectivity index (χ3n) is 5.02. The van der Waals surface area contributed by atoms with Crippen molar-refractivity contribution in [2.24, 2.45) is 0 Å². The minimum Gasteiger partial charge on any atom is -0.309 e. The summed E-state index contributed by atoms with van der Waals surface area (Å²) < 4.78 is 2.16. The number of rotatable bonds is 4. The first-order valence-electron chi connectivity index (χ1n) is 8.90. The van der Waals surface area contributed by atoms with Gasteiger partial charge in [0.1, 0.15) is 0 Å². The molecule has 1 aromatic carbocycles. The minimum absolute atomic E-state index is 0.192. The maximum Gasteiger partial charge on any atom is 0.0662 e. The van der Waals surface area contributed by atoms with Gasteiger partial charge in [-0.15, -0.1) is 0 Å². The fourth-order valence-electron chi connectivity index (χ4n) is 3.59. The highest BCUT2D eigenvalue weighted by Crippen LogP contribution is 2.20. The Labute approximate surface area is 145 Å². The number of benzene rings is 1. The summed E-state index contributed by atoms with van der Waals surface area (Å²) in [5.74, 6) is 0. The number of nitrogens with one attached hydrogen (secondary N) is 1. The molecule has 2 heterocycles. The fraction of sp³-hybridized carbons (Fsp3) is 0.550. The van der Waals surface area contributed by atoms with Gasteiger partial charge in [0.25, 0.3) is 0 Å². The molecule has 0 saturated carbocycles. The lowest BCUT2D eigenvalue weighted by Gasteiger charge is -2.39. The number of hydrogen-bond donors (Lipinski definition) is 1. The number of aryl methyl sites for hydroxylation is 2. The molecule has 24 heavy (non-hydrogen) atoms. The van der Waals surface area contributed by atoms with Crippen LogP contribution in [0.15, 0.2) is 24.3 Å². The number of piperazine rings is 1. The highest BCUT2D eigenvalue weighted by molar-refractivity contribution is 5.27. The second kappa shape index (κ2) is 6.69. The van der Waals surface area contributed by atoms with Gasteiger partial charge < -0.3 is 5.32 Å². The van der Waals surface area contributed by atoms with Crippen molar-refractivity contribution < 1.29 is 0 Å². The van der Waals surface area contributed by atoms with Crippen LogP contribution in [0.1, 0.15) is 41.9 Å². The molecular formula is C20H30N4. The van der Waals surface area contributed by atoms with Gasteiger partial charge in [-0.25, -0.2) is 0 Å². The number of nitrogens with zero attached hydrogens (tertiary/aromatic N) is 3. The van der Waals surface area contributed by atoms with Crippen LogP contribution in [-0.2, 0) is 13.1 Å². The van der Waals surface area contributed by atoms with Crippen molar-refractivity contribution >= 4 is 0 Å². The number of aromatic nitrogens is 2. The van der Waals surface area contributed by atoms with Gasteiger partial charge in [0.05, 0.1) is 12.2 Å². The van der Waals surface area contributed by atoms with Crippen LogP contribution in [0.2, 0.25) is 0 Å². The van der Waals surface area contributed by atoms with Gasteiger partial charge in [-0.2, -0.15) is 5.10 Å². The van der Waals surface area contributed by atoms with Crippen LogP contribution in [0.5, 0.6) is 0 Å². The Balaban J connectivity index is 1.75. The summed E-state index contributed by atoms with van der Waals surface area (Å²) in [6.07, 6.45) is 0. The average molecular weight is 326 g/mol. The van der Waals surface area contributed by atoms with Crippen LogP contribution >= 0.6 is 0 Å². The van der Waals surface area contributed by atoms with E-state index < -0.39 is 0 Å². The van der Waals surface area contributed by atoms with Gasteiger partial charge in [-0.05, 0) is 40.2 Å². The molecule has 1 N–H and O–H groups in total. The Hall–Kier alpha value is -1.65. The normalized spacial score (nSPS) is 18.0. The Morgan fingerprint density at radius 3 is 2.46 bits per heavy atom. The highest BCUT2D eigenvalue weighted by atomic mass is 15.3. The third-order valence-corrected chi connectivity index (χ3v) is 5.02. The Bertz CT molecular complexity index is 697. The SMILES string of the molecule is Cc1ccc(Cn2nc(C)c(CN3CCNC(C)(C)C3)c2C)cc1. The number of hydrogen-bond acceptors (Lipinski definition) is 3. The molecule has 2 aromatic rings. The molecule has 4 heteroatoms. The Morgan fingerprint density at radius 1 is 1.08 bits per heavy atom. The standard InChI is InChI=1S/C20H30N4/c1-15-6-8-18(9-7-15)12-24-17(3)19(16(2)22-24)13-23-11-10-21-20(4,5)14-23/h6-9,21H,10-14H2,1-5H3. The first kappa shape index (κ1) is 17.2. The van der Waals surface area contributed by atoms with Crippen molar-refractivity contribution in [1.82, 2.24) is 20.0 Å². The molecule has 1 fully saturated rings. The monoisotopic (exact) mass is 326 g/mol. The van der Waals surface area contributed by atoms with Crippen molar-refractivity contribution in [3.05, 3.63) is 52.3 Å². The minimum atomic E-state index is 0.192. The molecule has 0 spiro atoms. The Kier molecular flexibility index (Phi) is 4.79. The van der Waals surface area contributed by atoms with Gasteiger partial charge in [0.15, 0.2) is 0 Å². The van der Waals surface area contributed by atoms with E-state index in [9.17, 15) is 0 Å². The van der Waals surface area contributed by atoms with E-state index in [0.717, 1.165) is 38.4 Å². The molecule has 3 rings (SSSR count). The van der Waals surface area contributed by atoms with Gasteiger partial charge in [-0.3, -0.25) is 9.58 Å². The molecule has 0 aliphatic carbocycles. The quantitative estimate of drug-likeness (QED) is 0.937. The lowest BCUT2D eigenvalue weighted by atomic mass is 10.0. The largest absolute Gasteiger partial charge is 0.309 e. The van der Waals surface area contributed by atoms with Crippen molar-refractivity contribution in [2.75, 3.05) is 19.6 Å². The second-order valence-electron chi connectivity index (χ2n) is 7.81. The van der Waals surface area contributed by atoms with Crippen LogP contribution in [0, 0.1) is 20.8 Å². The summed E-state index contributed by atoms with van der Waals surface area (Å²) in [5, 5.41) is 8.39. The summed E-state index contributed by atoms with van der Waals surface area (Å²) >= 11 is 0. The summed E-state index contributed by atoms with van der Waals surface area (Å²) in [7, 11) is 0. The van der Waals surface area contributed by atoms with E-state index in [2.05, 4.69) is 73.8 Å². The molecule has 0 amide bonds.